The van der Waals surface area contributed by atoms with Crippen molar-refractivity contribution in [3.05, 3.63) is 64.5 Å². The van der Waals surface area contributed by atoms with Crippen molar-refractivity contribution in [1.82, 2.24) is 24.5 Å². The average molecular weight is 311 g/mol. The quantitative estimate of drug-likeness (QED) is 0.782. The van der Waals surface area contributed by atoms with Gasteiger partial charge in [0.2, 0.25) is 0 Å². The molecule has 2 atom stereocenters. The Hall–Kier alpha value is -2.47. The predicted molar refractivity (Wildman–Crippen MR) is 89.4 cm³/mol. The van der Waals surface area contributed by atoms with E-state index in [1.807, 2.05) is 42.2 Å². The second kappa shape index (κ2) is 6.34. The fourth-order valence-corrected chi connectivity index (χ4v) is 2.51. The van der Waals surface area contributed by atoms with Gasteiger partial charge in [0.05, 0.1) is 17.9 Å². The number of rotatable bonds is 5. The maximum atomic E-state index is 12.1. The van der Waals surface area contributed by atoms with Crippen molar-refractivity contribution in [2.24, 2.45) is 0 Å². The minimum Gasteiger partial charge on any atom is -0.307 e. The first kappa shape index (κ1) is 15.4. The van der Waals surface area contributed by atoms with E-state index in [0.717, 1.165) is 11.3 Å². The Kier molecular flexibility index (Phi) is 4.25. The zero-order valence-electron chi connectivity index (χ0n) is 13.6. The lowest BCUT2D eigenvalue weighted by molar-refractivity contribution is 0.363. The van der Waals surface area contributed by atoms with Crippen LogP contribution in [0.4, 0.5) is 0 Å². The van der Waals surface area contributed by atoms with Crippen LogP contribution in [-0.4, -0.2) is 25.2 Å². The molecule has 0 saturated heterocycles. The van der Waals surface area contributed by atoms with E-state index in [-0.39, 0.29) is 17.6 Å². The minimum absolute atomic E-state index is 0.0594. The Morgan fingerprint density at radius 1 is 1.30 bits per heavy atom. The summed E-state index contributed by atoms with van der Waals surface area (Å²) in [4.78, 5) is 16.6. The molecule has 0 aliphatic carbocycles. The number of nitrogens with one attached hydrogen (secondary N) is 1. The summed E-state index contributed by atoms with van der Waals surface area (Å²) < 4.78 is 3.50. The summed E-state index contributed by atoms with van der Waals surface area (Å²) in [6.45, 7) is 6.80. The Bertz CT molecular complexity index is 867. The smallest absolute Gasteiger partial charge is 0.258 e. The van der Waals surface area contributed by atoms with Gasteiger partial charge in [0.25, 0.3) is 5.56 Å². The number of hydrogen-bond donors (Lipinski definition) is 1. The number of aryl methyl sites for hydroxylation is 1. The SMILES string of the molecule is Cc1cnn([C@H](C)[C@@H](C)NCc2cc(=O)n3ccccc3n2)c1. The van der Waals surface area contributed by atoms with Gasteiger partial charge in [0.15, 0.2) is 0 Å². The van der Waals surface area contributed by atoms with Gasteiger partial charge in [-0.3, -0.25) is 13.9 Å². The molecule has 0 bridgehead atoms. The number of aromatic nitrogens is 4. The lowest BCUT2D eigenvalue weighted by atomic mass is 10.1. The Morgan fingerprint density at radius 2 is 2.13 bits per heavy atom. The molecule has 0 amide bonds. The fourth-order valence-electron chi connectivity index (χ4n) is 2.51. The van der Waals surface area contributed by atoms with E-state index in [2.05, 4.69) is 29.2 Å². The van der Waals surface area contributed by atoms with Gasteiger partial charge in [-0.2, -0.15) is 5.10 Å². The number of nitrogens with zero attached hydrogens (tertiary/aromatic N) is 4. The number of pyridine rings is 1. The Morgan fingerprint density at radius 3 is 2.87 bits per heavy atom. The lowest BCUT2D eigenvalue weighted by Gasteiger charge is -2.21. The molecular formula is C17H21N5O. The molecule has 3 aromatic heterocycles. The molecule has 0 spiro atoms. The molecule has 3 aromatic rings. The summed E-state index contributed by atoms with van der Waals surface area (Å²) in [7, 11) is 0. The summed E-state index contributed by atoms with van der Waals surface area (Å²) >= 11 is 0. The molecule has 23 heavy (non-hydrogen) atoms. The summed E-state index contributed by atoms with van der Waals surface area (Å²) in [5.41, 5.74) is 2.50. The second-order valence-corrected chi connectivity index (χ2v) is 5.92. The van der Waals surface area contributed by atoms with Crippen LogP contribution >= 0.6 is 0 Å². The predicted octanol–water partition coefficient (Wildman–Crippen LogP) is 1.94. The van der Waals surface area contributed by atoms with E-state index >= 15 is 0 Å². The second-order valence-electron chi connectivity index (χ2n) is 5.92. The van der Waals surface area contributed by atoms with Crippen LogP contribution in [0.2, 0.25) is 0 Å². The minimum atomic E-state index is -0.0594. The molecule has 1 N–H and O–H groups in total. The molecule has 120 valence electrons. The molecule has 3 heterocycles. The van der Waals surface area contributed by atoms with Crippen LogP contribution in [0, 0.1) is 6.92 Å². The van der Waals surface area contributed by atoms with Crippen molar-refractivity contribution in [1.29, 1.82) is 0 Å². The highest BCUT2D eigenvalue weighted by Crippen LogP contribution is 2.11. The van der Waals surface area contributed by atoms with Crippen LogP contribution in [0.3, 0.4) is 0 Å². The first-order valence-electron chi connectivity index (χ1n) is 7.76. The summed E-state index contributed by atoms with van der Waals surface area (Å²) in [5.74, 6) is 0. The van der Waals surface area contributed by atoms with Gasteiger partial charge >= 0.3 is 0 Å². The van der Waals surface area contributed by atoms with E-state index in [0.29, 0.717) is 12.2 Å². The van der Waals surface area contributed by atoms with Crippen molar-refractivity contribution in [2.45, 2.75) is 39.4 Å². The molecule has 6 heteroatoms. The maximum Gasteiger partial charge on any atom is 0.258 e. The van der Waals surface area contributed by atoms with Gasteiger partial charge in [0, 0.05) is 31.0 Å². The first-order chi connectivity index (χ1) is 11.0. The Labute approximate surface area is 134 Å². The largest absolute Gasteiger partial charge is 0.307 e. The third-order valence-corrected chi connectivity index (χ3v) is 4.10. The van der Waals surface area contributed by atoms with E-state index in [1.165, 1.54) is 0 Å². The van der Waals surface area contributed by atoms with Crippen molar-refractivity contribution < 1.29 is 0 Å². The molecule has 0 aliphatic heterocycles. The molecule has 0 saturated carbocycles. The number of hydrogen-bond acceptors (Lipinski definition) is 4. The monoisotopic (exact) mass is 311 g/mol. The lowest BCUT2D eigenvalue weighted by Crippen LogP contribution is -2.34. The van der Waals surface area contributed by atoms with Crippen molar-refractivity contribution in [3.8, 4) is 0 Å². The molecular weight excluding hydrogens is 290 g/mol. The van der Waals surface area contributed by atoms with E-state index < -0.39 is 0 Å². The third-order valence-electron chi connectivity index (χ3n) is 4.10. The summed E-state index contributed by atoms with van der Waals surface area (Å²) in [6.07, 6.45) is 5.62. The van der Waals surface area contributed by atoms with Crippen LogP contribution in [0.15, 0.2) is 47.7 Å². The normalized spacial score (nSPS) is 14.0. The van der Waals surface area contributed by atoms with Gasteiger partial charge in [-0.25, -0.2) is 4.98 Å². The highest BCUT2D eigenvalue weighted by Gasteiger charge is 2.14. The highest BCUT2D eigenvalue weighted by atomic mass is 16.1. The summed E-state index contributed by atoms with van der Waals surface area (Å²) in [5, 5.41) is 7.78. The number of fused-ring (bicyclic) bond motifs is 1. The molecule has 6 nitrogen and oxygen atoms in total. The molecule has 0 aromatic carbocycles. The van der Waals surface area contributed by atoms with Crippen molar-refractivity contribution in [3.63, 3.8) is 0 Å². The molecule has 0 unspecified atom stereocenters. The van der Waals surface area contributed by atoms with E-state index in [1.54, 1.807) is 16.7 Å². The van der Waals surface area contributed by atoms with Gasteiger partial charge in [-0.15, -0.1) is 0 Å². The fraction of sp³-hybridized carbons (Fsp3) is 0.353. The van der Waals surface area contributed by atoms with Crippen LogP contribution in [0.25, 0.3) is 5.65 Å². The van der Waals surface area contributed by atoms with Crippen LogP contribution in [-0.2, 0) is 6.54 Å². The highest BCUT2D eigenvalue weighted by molar-refractivity contribution is 5.37. The zero-order valence-corrected chi connectivity index (χ0v) is 13.6. The maximum absolute atomic E-state index is 12.1. The topological polar surface area (TPSA) is 64.2 Å². The standard InChI is InChI=1S/C17H21N5O/c1-12-9-19-22(11-12)14(3)13(2)18-10-15-8-17(23)21-7-5-4-6-16(21)20-15/h4-9,11,13-14,18H,10H2,1-3H3/t13-,14-/m1/s1. The van der Waals surface area contributed by atoms with Crippen LogP contribution in [0.1, 0.15) is 31.1 Å². The van der Waals surface area contributed by atoms with Gasteiger partial charge in [-0.1, -0.05) is 6.07 Å². The van der Waals surface area contributed by atoms with Crippen molar-refractivity contribution >= 4 is 5.65 Å². The third kappa shape index (κ3) is 3.32. The first-order valence-corrected chi connectivity index (χ1v) is 7.76. The van der Waals surface area contributed by atoms with E-state index in [9.17, 15) is 4.79 Å². The van der Waals surface area contributed by atoms with E-state index in [4.69, 9.17) is 0 Å². The molecule has 0 aliphatic rings. The van der Waals surface area contributed by atoms with Crippen LogP contribution in [0.5, 0.6) is 0 Å². The van der Waals surface area contributed by atoms with Gasteiger partial charge < -0.3 is 5.32 Å². The average Bonchev–Trinajstić information content (AvgIpc) is 2.98. The van der Waals surface area contributed by atoms with Crippen LogP contribution < -0.4 is 10.9 Å². The Balaban J connectivity index is 1.71. The molecule has 0 radical (unpaired) electrons. The zero-order chi connectivity index (χ0) is 16.4. The molecule has 0 fully saturated rings. The van der Waals surface area contributed by atoms with Gasteiger partial charge in [-0.05, 0) is 38.5 Å². The summed E-state index contributed by atoms with van der Waals surface area (Å²) in [6, 6.07) is 7.53. The molecule has 3 rings (SSSR count). The van der Waals surface area contributed by atoms with Gasteiger partial charge in [0.1, 0.15) is 5.65 Å². The van der Waals surface area contributed by atoms with Crippen molar-refractivity contribution in [2.75, 3.05) is 0 Å².